The fraction of sp³-hybridized carbons (Fsp3) is 0.744. The number of nitrogens with zero attached hydrogens (tertiary/aromatic N) is 1. The highest BCUT2D eigenvalue weighted by atomic mass is 32.1. The van der Waals surface area contributed by atoms with Crippen molar-refractivity contribution in [2.24, 2.45) is 57.5 Å². The molecule has 0 radical (unpaired) electrons. The second-order valence-corrected chi connectivity index (χ2v) is 19.0. The summed E-state index contributed by atoms with van der Waals surface area (Å²) >= 11 is 3.96. The summed E-state index contributed by atoms with van der Waals surface area (Å²) in [6.07, 6.45) is 0.368. The molecular formula is C43H79N13O11S. The van der Waals surface area contributed by atoms with Gasteiger partial charge in [-0.15, -0.1) is 0 Å². The molecule has 0 aliphatic rings. The fourth-order valence-corrected chi connectivity index (χ4v) is 6.79. The molecule has 388 valence electrons. The first-order valence-electron chi connectivity index (χ1n) is 22.8. The lowest BCUT2D eigenvalue weighted by Crippen LogP contribution is -2.61. The zero-order chi connectivity index (χ0) is 52.6. The molecule has 0 bridgehead atoms. The monoisotopic (exact) mass is 986 g/mol. The normalized spacial score (nSPS) is 14.8. The van der Waals surface area contributed by atoms with Crippen LogP contribution in [0.2, 0.25) is 0 Å². The number of carboxylic acids is 1. The molecule has 17 N–H and O–H groups in total. The van der Waals surface area contributed by atoms with Crippen molar-refractivity contribution in [3.05, 3.63) is 0 Å². The number of guanidine groups is 1. The maximum absolute atomic E-state index is 13.8. The topological polar surface area (TPSA) is 404 Å². The molecule has 0 aliphatic carbocycles. The zero-order valence-corrected chi connectivity index (χ0v) is 42.0. The Hall–Kier alpha value is -5.72. The summed E-state index contributed by atoms with van der Waals surface area (Å²) in [5.74, 6) is -10.3. The summed E-state index contributed by atoms with van der Waals surface area (Å²) in [7, 11) is 0. The van der Waals surface area contributed by atoms with Crippen molar-refractivity contribution < 1.29 is 53.1 Å². The Morgan fingerprint density at radius 3 is 1.32 bits per heavy atom. The van der Waals surface area contributed by atoms with E-state index < -0.39 is 132 Å². The number of rotatable bonds is 32. The van der Waals surface area contributed by atoms with Gasteiger partial charge in [0.2, 0.25) is 53.2 Å². The predicted molar refractivity (Wildman–Crippen MR) is 258 cm³/mol. The first-order valence-corrected chi connectivity index (χ1v) is 23.5. The van der Waals surface area contributed by atoms with Crippen molar-refractivity contribution in [2.75, 3.05) is 18.8 Å². The Morgan fingerprint density at radius 1 is 0.529 bits per heavy atom. The van der Waals surface area contributed by atoms with Crippen molar-refractivity contribution in [3.8, 4) is 0 Å². The Labute approximate surface area is 404 Å². The van der Waals surface area contributed by atoms with Gasteiger partial charge in [-0.25, -0.2) is 4.79 Å². The fourth-order valence-electron chi connectivity index (χ4n) is 6.54. The van der Waals surface area contributed by atoms with Gasteiger partial charge in [0.15, 0.2) is 5.96 Å². The van der Waals surface area contributed by atoms with Crippen LogP contribution in [0.25, 0.3) is 0 Å². The van der Waals surface area contributed by atoms with Crippen molar-refractivity contribution in [3.63, 3.8) is 0 Å². The van der Waals surface area contributed by atoms with Crippen molar-refractivity contribution in [2.45, 2.75) is 156 Å². The Kier molecular flexibility index (Phi) is 28.7. The molecule has 0 aromatic rings. The summed E-state index contributed by atoms with van der Waals surface area (Å²) in [6.45, 7) is 16.9. The van der Waals surface area contributed by atoms with E-state index in [-0.39, 0.29) is 61.7 Å². The number of carbonyl (C=O) groups is 10. The largest absolute Gasteiger partial charge is 0.480 e. The number of thiol groups is 1. The molecule has 8 atom stereocenters. The lowest BCUT2D eigenvalue weighted by molar-refractivity contribution is -0.142. The van der Waals surface area contributed by atoms with Gasteiger partial charge in [-0.05, 0) is 61.7 Å². The lowest BCUT2D eigenvalue weighted by Gasteiger charge is -2.29. The molecule has 0 spiro atoms. The minimum Gasteiger partial charge on any atom is -0.480 e. The summed E-state index contributed by atoms with van der Waals surface area (Å²) in [5.41, 5.74) is 22.1. The van der Waals surface area contributed by atoms with E-state index in [1.807, 2.05) is 13.8 Å². The highest BCUT2D eigenvalue weighted by Gasteiger charge is 2.35. The van der Waals surface area contributed by atoms with Gasteiger partial charge in [0, 0.05) is 12.3 Å². The number of hydrogen-bond donors (Lipinski definition) is 14. The summed E-state index contributed by atoms with van der Waals surface area (Å²) in [4.78, 5) is 135. The van der Waals surface area contributed by atoms with E-state index in [1.165, 1.54) is 0 Å². The first kappa shape index (κ1) is 62.3. The van der Waals surface area contributed by atoms with Gasteiger partial charge in [0.1, 0.15) is 42.3 Å². The van der Waals surface area contributed by atoms with Crippen LogP contribution in [-0.2, 0) is 47.9 Å². The van der Waals surface area contributed by atoms with Crippen molar-refractivity contribution >= 4 is 77.7 Å². The van der Waals surface area contributed by atoms with Gasteiger partial charge >= 0.3 is 5.97 Å². The van der Waals surface area contributed by atoms with Crippen LogP contribution in [-0.4, -0.2) is 137 Å². The maximum Gasteiger partial charge on any atom is 0.327 e. The molecule has 0 aliphatic heterocycles. The summed E-state index contributed by atoms with van der Waals surface area (Å²) in [6, 6.07) is -9.88. The molecule has 0 unspecified atom stereocenters. The molecule has 9 amide bonds. The van der Waals surface area contributed by atoms with Crippen LogP contribution in [0.3, 0.4) is 0 Å². The van der Waals surface area contributed by atoms with Gasteiger partial charge in [0.25, 0.3) is 0 Å². The average Bonchev–Trinajstić information content (AvgIpc) is 3.21. The molecule has 0 aromatic heterocycles. The van der Waals surface area contributed by atoms with Crippen LogP contribution in [0.15, 0.2) is 4.99 Å². The van der Waals surface area contributed by atoms with E-state index in [4.69, 9.17) is 22.9 Å². The molecule has 25 heteroatoms. The standard InChI is InChI=1S/C43H79N13O11S/c1-20(2)14-26(52-37(61)27(15-21(3)4)51-35(59)25(44)12-11-13-48-43(46)47)36(60)49-18-32(58)50-29(17-31(45)57)39(63)56-33(23(7)8)40(64)53-28(16-22(5)6)38(62)55-34(24(9)10)41(65)54-30(19-68)42(66)67/h20-30,33-34,68H,11-19,44H2,1-10H3,(H2,45,57)(H,49,60)(H,50,58)(H,51,59)(H,52,61)(H,53,64)(H,54,65)(H,55,62)(H,56,63)(H,66,67)(H4,46,47,48)/t25-,26-,27-,28-,29-,30-,33-,34-/m0/s1. The molecule has 24 nitrogen and oxygen atoms in total. The van der Waals surface area contributed by atoms with Gasteiger partial charge in [-0.1, -0.05) is 69.2 Å². The molecule has 0 saturated carbocycles. The van der Waals surface area contributed by atoms with Gasteiger partial charge < -0.3 is 70.6 Å². The molecule has 68 heavy (non-hydrogen) atoms. The second kappa shape index (κ2) is 31.3. The number of aliphatic imine (C=N–C) groups is 1. The highest BCUT2D eigenvalue weighted by Crippen LogP contribution is 2.13. The molecule has 0 aromatic carbocycles. The van der Waals surface area contributed by atoms with E-state index in [1.54, 1.807) is 55.4 Å². The second-order valence-electron chi connectivity index (χ2n) is 18.7. The molecule has 0 fully saturated rings. The zero-order valence-electron chi connectivity index (χ0n) is 41.1. The van der Waals surface area contributed by atoms with Crippen molar-refractivity contribution in [1.82, 2.24) is 42.5 Å². The number of nitrogens with two attached hydrogens (primary N) is 4. The predicted octanol–water partition coefficient (Wildman–Crippen LogP) is -2.78. The van der Waals surface area contributed by atoms with Crippen LogP contribution in [0.5, 0.6) is 0 Å². The SMILES string of the molecule is CC(C)C[C@H](NC(=O)[C@H](CC(C)C)NC(=O)[C@@H](N)CCCN=C(N)N)C(=O)NCC(=O)N[C@@H](CC(N)=O)C(=O)N[C@H](C(=O)N[C@@H](CC(C)C)C(=O)N[C@H](C(=O)N[C@@H](CS)C(=O)O)C(C)C)C(C)C. The summed E-state index contributed by atoms with van der Waals surface area (Å²) in [5, 5.41) is 29.5. The van der Waals surface area contributed by atoms with Gasteiger partial charge in [-0.2, -0.15) is 12.6 Å². The van der Waals surface area contributed by atoms with E-state index in [0.29, 0.717) is 6.42 Å². The van der Waals surface area contributed by atoms with E-state index >= 15 is 0 Å². The smallest absolute Gasteiger partial charge is 0.327 e. The van der Waals surface area contributed by atoms with E-state index in [0.717, 1.165) is 0 Å². The Balaban J connectivity index is 6.07. The van der Waals surface area contributed by atoms with Crippen LogP contribution in [0.4, 0.5) is 0 Å². The molecular weight excluding hydrogens is 907 g/mol. The Bertz CT molecular complexity index is 1760. The third kappa shape index (κ3) is 24.9. The highest BCUT2D eigenvalue weighted by molar-refractivity contribution is 7.80. The molecule has 0 rings (SSSR count). The number of amides is 9. The molecule has 0 heterocycles. The average molecular weight is 986 g/mol. The number of aliphatic carboxylic acids is 1. The van der Waals surface area contributed by atoms with Crippen LogP contribution >= 0.6 is 12.6 Å². The number of nitrogens with one attached hydrogen (secondary N) is 8. The first-order chi connectivity index (χ1) is 31.5. The molecule has 0 saturated heterocycles. The maximum atomic E-state index is 13.8. The number of carboxylic acid groups (broad SMARTS) is 1. The van der Waals surface area contributed by atoms with Gasteiger partial charge in [-0.3, -0.25) is 48.1 Å². The van der Waals surface area contributed by atoms with E-state index in [2.05, 4.69) is 60.2 Å². The summed E-state index contributed by atoms with van der Waals surface area (Å²) < 4.78 is 0. The third-order valence-corrected chi connectivity index (χ3v) is 10.5. The lowest BCUT2D eigenvalue weighted by atomic mass is 9.98. The minimum atomic E-state index is -1.62. The van der Waals surface area contributed by atoms with Crippen LogP contribution in [0, 0.1) is 29.6 Å². The minimum absolute atomic E-state index is 0.0564. The van der Waals surface area contributed by atoms with E-state index in [9.17, 15) is 53.1 Å². The third-order valence-electron chi connectivity index (χ3n) is 10.1. The van der Waals surface area contributed by atoms with Crippen LogP contribution in [0.1, 0.15) is 108 Å². The number of carbonyl (C=O) groups excluding carboxylic acids is 9. The Morgan fingerprint density at radius 2 is 0.926 bits per heavy atom. The van der Waals surface area contributed by atoms with Crippen molar-refractivity contribution in [1.29, 1.82) is 0 Å². The quantitative estimate of drug-likeness (QED) is 0.0140. The number of hydrogen-bond acceptors (Lipinski definition) is 13. The van der Waals surface area contributed by atoms with Gasteiger partial charge in [0.05, 0.1) is 19.0 Å². The number of primary amides is 1. The van der Waals surface area contributed by atoms with Crippen LogP contribution < -0.4 is 65.5 Å².